The molecule has 0 aliphatic heterocycles. The van der Waals surface area contributed by atoms with E-state index in [1.807, 2.05) is 0 Å². The fourth-order valence-electron chi connectivity index (χ4n) is 1.88. The maximum Gasteiger partial charge on any atom is 0.359 e. The molecule has 1 heterocycles. The molecule has 2 N–H and O–H groups in total. The van der Waals surface area contributed by atoms with E-state index in [4.69, 9.17) is 4.74 Å². The van der Waals surface area contributed by atoms with Gasteiger partial charge in [-0.1, -0.05) is 6.07 Å². The maximum atomic E-state index is 11.9. The maximum absolute atomic E-state index is 11.9. The minimum atomic E-state index is -3.65. The highest BCUT2D eigenvalue weighted by atomic mass is 32.2. The van der Waals surface area contributed by atoms with Gasteiger partial charge in [-0.3, -0.25) is 9.78 Å². The molecule has 25 heavy (non-hydrogen) atoms. The Balaban J connectivity index is 2.01. The molecule has 0 radical (unpaired) electrons. The molecule has 0 spiro atoms. The average molecular weight is 364 g/mol. The molecular weight excluding hydrogens is 348 g/mol. The van der Waals surface area contributed by atoms with Gasteiger partial charge in [0, 0.05) is 18.1 Å². The van der Waals surface area contributed by atoms with Gasteiger partial charge < -0.3 is 10.1 Å². The Hall–Kier alpha value is -2.85. The number of rotatable bonds is 6. The fourth-order valence-corrected chi connectivity index (χ4v) is 2.88. The Labute approximate surface area is 144 Å². The van der Waals surface area contributed by atoms with Crippen LogP contribution in [-0.4, -0.2) is 43.9 Å². The van der Waals surface area contributed by atoms with E-state index in [1.54, 1.807) is 19.1 Å². The van der Waals surface area contributed by atoms with E-state index in [0.717, 1.165) is 0 Å². The first-order valence-corrected chi connectivity index (χ1v) is 8.59. The summed E-state index contributed by atoms with van der Waals surface area (Å²) < 4.78 is 30.9. The number of benzene rings is 1. The first-order chi connectivity index (χ1) is 11.8. The van der Waals surface area contributed by atoms with E-state index in [-0.39, 0.29) is 16.3 Å². The number of aromatic nitrogens is 2. The van der Waals surface area contributed by atoms with Crippen molar-refractivity contribution < 1.29 is 22.7 Å². The second-order valence-corrected chi connectivity index (χ2v) is 6.76. The zero-order valence-corrected chi connectivity index (χ0v) is 14.3. The SMILES string of the molecule is CNS(=O)(=O)c1cc(NC(=O)COC(=O)c2cnccn2)ccc1C. The van der Waals surface area contributed by atoms with Crippen molar-refractivity contribution in [2.75, 3.05) is 19.0 Å². The van der Waals surface area contributed by atoms with Crippen molar-refractivity contribution in [2.24, 2.45) is 0 Å². The Kier molecular flexibility index (Phi) is 5.78. The lowest BCUT2D eigenvalue weighted by atomic mass is 10.2. The van der Waals surface area contributed by atoms with Crippen molar-refractivity contribution in [1.29, 1.82) is 0 Å². The summed E-state index contributed by atoms with van der Waals surface area (Å²) in [6.45, 7) is 1.09. The van der Waals surface area contributed by atoms with Crippen LogP contribution in [0, 0.1) is 6.92 Å². The molecule has 2 rings (SSSR count). The molecule has 1 aromatic heterocycles. The molecule has 0 aliphatic carbocycles. The Bertz CT molecular complexity index is 884. The van der Waals surface area contributed by atoms with Crippen molar-refractivity contribution >= 4 is 27.6 Å². The lowest BCUT2D eigenvalue weighted by Gasteiger charge is -2.10. The van der Waals surface area contributed by atoms with Gasteiger partial charge in [0.05, 0.1) is 11.1 Å². The number of amides is 1. The van der Waals surface area contributed by atoms with Gasteiger partial charge in [0.2, 0.25) is 10.0 Å². The summed E-state index contributed by atoms with van der Waals surface area (Å²) in [5, 5.41) is 2.47. The van der Waals surface area contributed by atoms with Crippen LogP contribution < -0.4 is 10.0 Å². The largest absolute Gasteiger partial charge is 0.451 e. The molecule has 0 atom stereocenters. The molecule has 0 fully saturated rings. The number of aryl methyl sites for hydroxylation is 1. The molecule has 0 saturated heterocycles. The van der Waals surface area contributed by atoms with Gasteiger partial charge >= 0.3 is 5.97 Å². The smallest absolute Gasteiger partial charge is 0.359 e. The Morgan fingerprint density at radius 1 is 1.24 bits per heavy atom. The summed E-state index contributed by atoms with van der Waals surface area (Å²) in [6.07, 6.45) is 3.94. The number of hydrogen-bond acceptors (Lipinski definition) is 7. The van der Waals surface area contributed by atoms with Gasteiger partial charge in [-0.15, -0.1) is 0 Å². The molecule has 132 valence electrons. The lowest BCUT2D eigenvalue weighted by Crippen LogP contribution is -2.22. The number of hydrogen-bond donors (Lipinski definition) is 2. The van der Waals surface area contributed by atoms with E-state index in [9.17, 15) is 18.0 Å². The zero-order valence-electron chi connectivity index (χ0n) is 13.5. The molecular formula is C15H16N4O5S. The van der Waals surface area contributed by atoms with Crippen molar-refractivity contribution in [3.8, 4) is 0 Å². The number of carbonyl (C=O) groups is 2. The minimum Gasteiger partial charge on any atom is -0.451 e. The molecule has 1 aromatic carbocycles. The van der Waals surface area contributed by atoms with Crippen LogP contribution in [0.15, 0.2) is 41.7 Å². The van der Waals surface area contributed by atoms with Crippen LogP contribution in [0.2, 0.25) is 0 Å². The molecule has 0 unspecified atom stereocenters. The van der Waals surface area contributed by atoms with Gasteiger partial charge in [0.25, 0.3) is 5.91 Å². The number of anilines is 1. The second-order valence-electron chi connectivity index (χ2n) is 4.90. The van der Waals surface area contributed by atoms with E-state index < -0.39 is 28.5 Å². The fraction of sp³-hybridized carbons (Fsp3) is 0.200. The monoisotopic (exact) mass is 364 g/mol. The molecule has 0 bridgehead atoms. The number of nitrogens with zero attached hydrogens (tertiary/aromatic N) is 2. The van der Waals surface area contributed by atoms with E-state index >= 15 is 0 Å². The van der Waals surface area contributed by atoms with Gasteiger partial charge in [-0.25, -0.2) is 22.9 Å². The summed E-state index contributed by atoms with van der Waals surface area (Å²) >= 11 is 0. The molecule has 1 amide bonds. The molecule has 2 aromatic rings. The van der Waals surface area contributed by atoms with E-state index in [0.29, 0.717) is 5.56 Å². The van der Waals surface area contributed by atoms with Crippen LogP contribution in [0.1, 0.15) is 16.1 Å². The number of carbonyl (C=O) groups excluding carboxylic acids is 2. The number of ether oxygens (including phenoxy) is 1. The summed E-state index contributed by atoms with van der Waals surface area (Å²) in [6, 6.07) is 4.43. The number of nitrogens with one attached hydrogen (secondary N) is 2. The third-order valence-electron chi connectivity index (χ3n) is 3.14. The van der Waals surface area contributed by atoms with Crippen LogP contribution in [0.3, 0.4) is 0 Å². The zero-order chi connectivity index (χ0) is 18.4. The second kappa shape index (κ2) is 7.81. The molecule has 0 aliphatic rings. The van der Waals surface area contributed by atoms with Gasteiger partial charge in [-0.2, -0.15) is 0 Å². The quantitative estimate of drug-likeness (QED) is 0.714. The standard InChI is InChI=1S/C15H16N4O5S/c1-10-3-4-11(7-13(10)25(22,23)16-2)19-14(20)9-24-15(21)12-8-17-5-6-18-12/h3-8,16H,9H2,1-2H3,(H,19,20). The highest BCUT2D eigenvalue weighted by molar-refractivity contribution is 7.89. The van der Waals surface area contributed by atoms with Crippen LogP contribution in [0.5, 0.6) is 0 Å². The Morgan fingerprint density at radius 3 is 2.64 bits per heavy atom. The minimum absolute atomic E-state index is 0.0203. The average Bonchev–Trinajstić information content (AvgIpc) is 2.62. The van der Waals surface area contributed by atoms with Crippen molar-refractivity contribution in [3.63, 3.8) is 0 Å². The van der Waals surface area contributed by atoms with E-state index in [1.165, 1.54) is 31.7 Å². The number of sulfonamides is 1. The van der Waals surface area contributed by atoms with Crippen LogP contribution in [0.25, 0.3) is 0 Å². The van der Waals surface area contributed by atoms with Crippen LogP contribution >= 0.6 is 0 Å². The van der Waals surface area contributed by atoms with E-state index in [2.05, 4.69) is 20.0 Å². The summed E-state index contributed by atoms with van der Waals surface area (Å²) in [5.74, 6) is -1.40. The van der Waals surface area contributed by atoms with Crippen LogP contribution in [-0.2, 0) is 19.6 Å². The number of esters is 1. The highest BCUT2D eigenvalue weighted by Gasteiger charge is 2.16. The van der Waals surface area contributed by atoms with Gasteiger partial charge in [0.1, 0.15) is 0 Å². The molecule has 10 heteroatoms. The Morgan fingerprint density at radius 2 is 2.00 bits per heavy atom. The highest BCUT2D eigenvalue weighted by Crippen LogP contribution is 2.19. The summed E-state index contributed by atoms with van der Waals surface area (Å²) in [7, 11) is -2.35. The van der Waals surface area contributed by atoms with Gasteiger partial charge in [-0.05, 0) is 31.7 Å². The first kappa shape index (κ1) is 18.5. The predicted molar refractivity (Wildman–Crippen MR) is 88.4 cm³/mol. The van der Waals surface area contributed by atoms with Crippen molar-refractivity contribution in [1.82, 2.24) is 14.7 Å². The summed E-state index contributed by atoms with van der Waals surface area (Å²) in [5.41, 5.74) is 0.773. The van der Waals surface area contributed by atoms with Crippen molar-refractivity contribution in [2.45, 2.75) is 11.8 Å². The van der Waals surface area contributed by atoms with Crippen molar-refractivity contribution in [3.05, 3.63) is 48.0 Å². The normalized spacial score (nSPS) is 11.0. The van der Waals surface area contributed by atoms with Gasteiger partial charge in [0.15, 0.2) is 12.3 Å². The van der Waals surface area contributed by atoms with Crippen LogP contribution in [0.4, 0.5) is 5.69 Å². The first-order valence-electron chi connectivity index (χ1n) is 7.10. The summed E-state index contributed by atoms with van der Waals surface area (Å²) in [4.78, 5) is 31.1. The third kappa shape index (κ3) is 4.81. The topological polar surface area (TPSA) is 127 Å². The molecule has 9 nitrogen and oxygen atoms in total. The predicted octanol–water partition coefficient (Wildman–Crippen LogP) is 0.489. The third-order valence-corrected chi connectivity index (χ3v) is 4.69. The molecule has 0 saturated carbocycles. The lowest BCUT2D eigenvalue weighted by molar-refractivity contribution is -0.119.